The summed E-state index contributed by atoms with van der Waals surface area (Å²) in [5.41, 5.74) is 0. The molecule has 0 spiro atoms. The van der Waals surface area contributed by atoms with Gasteiger partial charge < -0.3 is 4.74 Å². The van der Waals surface area contributed by atoms with Gasteiger partial charge in [0.15, 0.2) is 5.78 Å². The standard InChI is InChI=1S/C18H28O4/c1-3-5-6-7-15(19)10-8-14-9-12-17(20)16(14)11-13-18(21)22-4-2/h8,10,14,16H,3-7,9,11-13H2,1-2H3/b10-8+/t14-,16-/m0/s1. The smallest absolute Gasteiger partial charge is 0.305 e. The molecule has 1 aliphatic rings. The molecule has 0 aromatic heterocycles. The highest BCUT2D eigenvalue weighted by Gasteiger charge is 2.33. The van der Waals surface area contributed by atoms with E-state index in [-0.39, 0.29) is 35.8 Å². The average Bonchev–Trinajstić information content (AvgIpc) is 2.84. The number of ether oxygens (including phenoxy) is 1. The Morgan fingerprint density at radius 1 is 1.23 bits per heavy atom. The summed E-state index contributed by atoms with van der Waals surface area (Å²) in [6, 6.07) is 0. The normalized spacial score (nSPS) is 21.5. The minimum atomic E-state index is -0.249. The molecule has 0 amide bonds. The molecule has 1 fully saturated rings. The third kappa shape index (κ3) is 6.54. The summed E-state index contributed by atoms with van der Waals surface area (Å²) < 4.78 is 4.90. The molecule has 0 aromatic carbocycles. The zero-order valence-electron chi connectivity index (χ0n) is 13.8. The van der Waals surface area contributed by atoms with Gasteiger partial charge in [0, 0.05) is 25.2 Å². The van der Waals surface area contributed by atoms with Gasteiger partial charge in [-0.1, -0.05) is 25.8 Å². The Labute approximate surface area is 133 Å². The monoisotopic (exact) mass is 308 g/mol. The van der Waals surface area contributed by atoms with E-state index in [2.05, 4.69) is 6.92 Å². The molecule has 1 rings (SSSR count). The Balaban J connectivity index is 2.45. The van der Waals surface area contributed by atoms with Gasteiger partial charge in [-0.3, -0.25) is 14.4 Å². The molecular weight excluding hydrogens is 280 g/mol. The van der Waals surface area contributed by atoms with Crippen molar-refractivity contribution in [1.82, 2.24) is 0 Å². The fraction of sp³-hybridized carbons (Fsp3) is 0.722. The number of allylic oxidation sites excluding steroid dienone is 2. The third-order valence-corrected chi connectivity index (χ3v) is 4.18. The second kappa shape index (κ2) is 10.3. The average molecular weight is 308 g/mol. The van der Waals surface area contributed by atoms with Gasteiger partial charge in [0.1, 0.15) is 5.78 Å². The summed E-state index contributed by atoms with van der Waals surface area (Å²) in [6.07, 6.45) is 9.33. The lowest BCUT2D eigenvalue weighted by atomic mass is 9.90. The Morgan fingerprint density at radius 2 is 2.00 bits per heavy atom. The molecule has 22 heavy (non-hydrogen) atoms. The summed E-state index contributed by atoms with van der Waals surface area (Å²) in [6.45, 7) is 4.25. The number of hydrogen-bond acceptors (Lipinski definition) is 4. The second-order valence-corrected chi connectivity index (χ2v) is 5.90. The van der Waals surface area contributed by atoms with Crippen molar-refractivity contribution in [3.8, 4) is 0 Å². The predicted molar refractivity (Wildman–Crippen MR) is 85.4 cm³/mol. The predicted octanol–water partition coefficient (Wildman–Crippen LogP) is 3.63. The van der Waals surface area contributed by atoms with Gasteiger partial charge in [-0.25, -0.2) is 0 Å². The molecular formula is C18H28O4. The molecule has 0 aliphatic heterocycles. The van der Waals surface area contributed by atoms with E-state index < -0.39 is 0 Å². The number of carbonyl (C=O) groups is 3. The van der Waals surface area contributed by atoms with Crippen LogP contribution in [0.15, 0.2) is 12.2 Å². The Hall–Kier alpha value is -1.45. The van der Waals surface area contributed by atoms with Crippen molar-refractivity contribution in [2.75, 3.05) is 6.61 Å². The summed E-state index contributed by atoms with van der Waals surface area (Å²) in [4.78, 5) is 35.1. The topological polar surface area (TPSA) is 60.4 Å². The maximum absolute atomic E-state index is 11.9. The second-order valence-electron chi connectivity index (χ2n) is 5.90. The molecule has 0 N–H and O–H groups in total. The van der Waals surface area contributed by atoms with Crippen LogP contribution >= 0.6 is 0 Å². The van der Waals surface area contributed by atoms with Crippen molar-refractivity contribution in [2.45, 2.75) is 65.2 Å². The molecule has 0 aromatic rings. The zero-order valence-corrected chi connectivity index (χ0v) is 13.8. The molecule has 2 atom stereocenters. The Kier molecular flexibility index (Phi) is 8.71. The van der Waals surface area contributed by atoms with Crippen LogP contribution in [0, 0.1) is 11.8 Å². The largest absolute Gasteiger partial charge is 0.466 e. The first-order valence-corrected chi connectivity index (χ1v) is 8.47. The first kappa shape index (κ1) is 18.6. The molecule has 4 nitrogen and oxygen atoms in total. The van der Waals surface area contributed by atoms with E-state index in [1.807, 2.05) is 6.08 Å². The van der Waals surface area contributed by atoms with E-state index in [9.17, 15) is 14.4 Å². The van der Waals surface area contributed by atoms with E-state index in [4.69, 9.17) is 4.74 Å². The van der Waals surface area contributed by atoms with Gasteiger partial charge in [-0.05, 0) is 38.2 Å². The minimum Gasteiger partial charge on any atom is -0.466 e. The van der Waals surface area contributed by atoms with Crippen LogP contribution in [0.5, 0.6) is 0 Å². The lowest BCUT2D eigenvalue weighted by Crippen LogP contribution is -2.16. The summed E-state index contributed by atoms with van der Waals surface area (Å²) in [5, 5.41) is 0. The molecule has 0 bridgehead atoms. The van der Waals surface area contributed by atoms with Crippen LogP contribution in [0.1, 0.15) is 65.2 Å². The van der Waals surface area contributed by atoms with E-state index in [1.54, 1.807) is 13.0 Å². The maximum atomic E-state index is 11.9. The van der Waals surface area contributed by atoms with Gasteiger partial charge >= 0.3 is 5.97 Å². The number of rotatable bonds is 10. The van der Waals surface area contributed by atoms with E-state index in [1.165, 1.54) is 0 Å². The first-order valence-electron chi connectivity index (χ1n) is 8.47. The van der Waals surface area contributed by atoms with Crippen molar-refractivity contribution in [2.24, 2.45) is 11.8 Å². The SMILES string of the molecule is CCCCCC(=O)/C=C/[C@H]1CCC(=O)[C@H]1CCC(=O)OCC. The highest BCUT2D eigenvalue weighted by atomic mass is 16.5. The number of unbranched alkanes of at least 4 members (excludes halogenated alkanes) is 2. The molecule has 0 saturated heterocycles. The van der Waals surface area contributed by atoms with Gasteiger partial charge in [0.2, 0.25) is 0 Å². The first-order chi connectivity index (χ1) is 10.6. The lowest BCUT2D eigenvalue weighted by Gasteiger charge is -2.14. The van der Waals surface area contributed by atoms with Crippen LogP contribution in [0.4, 0.5) is 0 Å². The molecule has 1 saturated carbocycles. The van der Waals surface area contributed by atoms with E-state index in [0.29, 0.717) is 25.9 Å². The summed E-state index contributed by atoms with van der Waals surface area (Å²) >= 11 is 0. The molecule has 0 heterocycles. The van der Waals surface area contributed by atoms with Gasteiger partial charge in [-0.15, -0.1) is 0 Å². The maximum Gasteiger partial charge on any atom is 0.305 e. The van der Waals surface area contributed by atoms with E-state index >= 15 is 0 Å². The Morgan fingerprint density at radius 3 is 2.68 bits per heavy atom. The molecule has 0 radical (unpaired) electrons. The van der Waals surface area contributed by atoms with E-state index in [0.717, 1.165) is 25.7 Å². The summed E-state index contributed by atoms with van der Waals surface area (Å²) in [5.74, 6) is 0.0519. The van der Waals surface area contributed by atoms with Crippen LogP contribution in [0.2, 0.25) is 0 Å². The van der Waals surface area contributed by atoms with Crippen LogP contribution < -0.4 is 0 Å². The van der Waals surface area contributed by atoms with Crippen molar-refractivity contribution >= 4 is 17.5 Å². The van der Waals surface area contributed by atoms with Crippen LogP contribution in [0.3, 0.4) is 0 Å². The number of Topliss-reactive ketones (excluding diaryl/α,β-unsaturated/α-hetero) is 1. The molecule has 1 aliphatic carbocycles. The van der Waals surface area contributed by atoms with Crippen molar-refractivity contribution < 1.29 is 19.1 Å². The molecule has 124 valence electrons. The van der Waals surface area contributed by atoms with Crippen LogP contribution in [-0.4, -0.2) is 24.1 Å². The zero-order chi connectivity index (χ0) is 16.4. The highest BCUT2D eigenvalue weighted by Crippen LogP contribution is 2.33. The number of hydrogen-bond donors (Lipinski definition) is 0. The lowest BCUT2D eigenvalue weighted by molar-refractivity contribution is -0.143. The summed E-state index contributed by atoms with van der Waals surface area (Å²) in [7, 11) is 0. The fourth-order valence-electron chi connectivity index (χ4n) is 2.91. The quantitative estimate of drug-likeness (QED) is 0.351. The van der Waals surface area contributed by atoms with Crippen LogP contribution in [-0.2, 0) is 19.1 Å². The van der Waals surface area contributed by atoms with Gasteiger partial charge in [0.05, 0.1) is 6.61 Å². The Bertz CT molecular complexity index is 411. The van der Waals surface area contributed by atoms with Crippen molar-refractivity contribution in [3.63, 3.8) is 0 Å². The number of esters is 1. The van der Waals surface area contributed by atoms with Crippen molar-refractivity contribution in [3.05, 3.63) is 12.2 Å². The minimum absolute atomic E-state index is 0.0945. The van der Waals surface area contributed by atoms with Crippen molar-refractivity contribution in [1.29, 1.82) is 0 Å². The molecule has 0 unspecified atom stereocenters. The third-order valence-electron chi connectivity index (χ3n) is 4.18. The van der Waals surface area contributed by atoms with Gasteiger partial charge in [-0.2, -0.15) is 0 Å². The number of ketones is 2. The number of carbonyl (C=O) groups excluding carboxylic acids is 3. The van der Waals surface area contributed by atoms with Crippen LogP contribution in [0.25, 0.3) is 0 Å². The van der Waals surface area contributed by atoms with Gasteiger partial charge in [0.25, 0.3) is 0 Å². The highest BCUT2D eigenvalue weighted by molar-refractivity contribution is 5.90. The fourth-order valence-corrected chi connectivity index (χ4v) is 2.91. The molecule has 4 heteroatoms.